The molecule has 31 heavy (non-hydrogen) atoms. The Morgan fingerprint density at radius 1 is 1.19 bits per heavy atom. The Hall–Kier alpha value is -2.95. The van der Waals surface area contributed by atoms with E-state index >= 15 is 0 Å². The minimum absolute atomic E-state index is 0.0247. The second kappa shape index (κ2) is 8.29. The van der Waals surface area contributed by atoms with Gasteiger partial charge in [0.15, 0.2) is 7.14 Å². The van der Waals surface area contributed by atoms with Crippen LogP contribution in [0.15, 0.2) is 84.3 Å². The SMILES string of the molecule is C=CCOC(=O)C1=C(P(=O)(c2ccccc2)c2ccccc2)C[C@@H]2[C@@H]([C@@H](C)O)C(=O)N12. The summed E-state index contributed by atoms with van der Waals surface area (Å²) in [5.74, 6) is -1.70. The number of amides is 1. The van der Waals surface area contributed by atoms with E-state index < -0.39 is 31.2 Å². The van der Waals surface area contributed by atoms with Crippen molar-refractivity contribution in [3.05, 3.63) is 84.3 Å². The summed E-state index contributed by atoms with van der Waals surface area (Å²) < 4.78 is 20.1. The molecule has 0 radical (unpaired) electrons. The van der Waals surface area contributed by atoms with E-state index in [0.29, 0.717) is 15.9 Å². The lowest BCUT2D eigenvalue weighted by molar-refractivity contribution is -0.162. The molecule has 0 spiro atoms. The molecule has 6 nitrogen and oxygen atoms in total. The van der Waals surface area contributed by atoms with Crippen LogP contribution in [0.4, 0.5) is 0 Å². The maximum absolute atomic E-state index is 14.8. The van der Waals surface area contributed by atoms with Crippen molar-refractivity contribution in [1.29, 1.82) is 0 Å². The van der Waals surface area contributed by atoms with Crippen molar-refractivity contribution in [2.45, 2.75) is 25.5 Å². The fourth-order valence-electron chi connectivity index (χ4n) is 4.46. The normalized spacial score (nSPS) is 21.4. The number of aliphatic hydroxyl groups excluding tert-OH is 1. The standard InChI is InChI=1S/C24H24NO5P/c1-3-14-30-24(28)22-20(15-19-21(16(2)26)23(27)25(19)22)31(29,17-10-6-4-7-11-17)18-12-8-5-9-13-18/h3-13,16,19,21,26H,1,14-15H2,2H3/t16-,19-,21-/m1/s1. The summed E-state index contributed by atoms with van der Waals surface area (Å²) >= 11 is 0. The van der Waals surface area contributed by atoms with E-state index in [1.54, 1.807) is 55.5 Å². The summed E-state index contributed by atoms with van der Waals surface area (Å²) in [6.45, 7) is 5.09. The van der Waals surface area contributed by atoms with Crippen molar-refractivity contribution in [2.75, 3.05) is 6.61 Å². The summed E-state index contributed by atoms with van der Waals surface area (Å²) in [5.41, 5.74) is 0.0322. The minimum Gasteiger partial charge on any atom is -0.457 e. The smallest absolute Gasteiger partial charge is 0.355 e. The number of ether oxygens (including phenoxy) is 1. The lowest BCUT2D eigenvalue weighted by Gasteiger charge is -2.44. The van der Waals surface area contributed by atoms with Crippen molar-refractivity contribution in [2.24, 2.45) is 5.92 Å². The van der Waals surface area contributed by atoms with E-state index in [0.717, 1.165) is 0 Å². The van der Waals surface area contributed by atoms with Gasteiger partial charge in [0.25, 0.3) is 0 Å². The topological polar surface area (TPSA) is 83.9 Å². The van der Waals surface area contributed by atoms with E-state index in [9.17, 15) is 19.3 Å². The quantitative estimate of drug-likeness (QED) is 0.312. The molecule has 1 saturated heterocycles. The maximum atomic E-state index is 14.8. The molecule has 1 fully saturated rings. The van der Waals surface area contributed by atoms with E-state index in [-0.39, 0.29) is 24.6 Å². The van der Waals surface area contributed by atoms with E-state index in [1.165, 1.54) is 11.0 Å². The van der Waals surface area contributed by atoms with Crippen molar-refractivity contribution in [3.63, 3.8) is 0 Å². The van der Waals surface area contributed by atoms with Crippen LogP contribution < -0.4 is 10.6 Å². The van der Waals surface area contributed by atoms with Crippen LogP contribution in [-0.4, -0.2) is 40.6 Å². The highest BCUT2D eigenvalue weighted by atomic mass is 31.2. The zero-order valence-electron chi connectivity index (χ0n) is 17.2. The zero-order valence-corrected chi connectivity index (χ0v) is 18.1. The highest BCUT2D eigenvalue weighted by Gasteiger charge is 2.59. The average molecular weight is 437 g/mol. The van der Waals surface area contributed by atoms with Gasteiger partial charge in [-0.05, 0) is 6.92 Å². The number of esters is 1. The van der Waals surface area contributed by atoms with E-state index in [1.807, 2.05) is 12.1 Å². The third-order valence-electron chi connectivity index (χ3n) is 5.85. The summed E-state index contributed by atoms with van der Waals surface area (Å²) in [4.78, 5) is 27.2. The van der Waals surface area contributed by atoms with Crippen molar-refractivity contribution >= 4 is 29.6 Å². The zero-order chi connectivity index (χ0) is 22.2. The van der Waals surface area contributed by atoms with Gasteiger partial charge in [0, 0.05) is 22.3 Å². The molecule has 0 aliphatic carbocycles. The van der Waals surface area contributed by atoms with Crippen LogP contribution in [-0.2, 0) is 18.9 Å². The van der Waals surface area contributed by atoms with Gasteiger partial charge in [0.2, 0.25) is 5.91 Å². The number of fused-ring (bicyclic) bond motifs is 1. The van der Waals surface area contributed by atoms with Gasteiger partial charge in [-0.1, -0.05) is 73.3 Å². The number of carbonyl (C=O) groups is 2. The Morgan fingerprint density at radius 2 is 1.74 bits per heavy atom. The molecule has 0 saturated carbocycles. The molecule has 2 aliphatic rings. The monoisotopic (exact) mass is 437 g/mol. The first-order valence-electron chi connectivity index (χ1n) is 10.2. The lowest BCUT2D eigenvalue weighted by atomic mass is 9.83. The van der Waals surface area contributed by atoms with Gasteiger partial charge < -0.3 is 19.3 Å². The number of nitrogens with zero attached hydrogens (tertiary/aromatic N) is 1. The second-order valence-electron chi connectivity index (χ2n) is 7.71. The third-order valence-corrected chi connectivity index (χ3v) is 9.06. The molecule has 0 aromatic heterocycles. The first kappa shape index (κ1) is 21.3. The summed E-state index contributed by atoms with van der Waals surface area (Å²) in [7, 11) is -3.45. The predicted octanol–water partition coefficient (Wildman–Crippen LogP) is 2.55. The lowest BCUT2D eigenvalue weighted by Crippen LogP contribution is -2.61. The van der Waals surface area contributed by atoms with Gasteiger partial charge in [0.1, 0.15) is 12.3 Å². The first-order chi connectivity index (χ1) is 14.9. The molecule has 2 aromatic rings. The van der Waals surface area contributed by atoms with Gasteiger partial charge >= 0.3 is 5.97 Å². The van der Waals surface area contributed by atoms with Crippen LogP contribution in [0.25, 0.3) is 0 Å². The molecule has 4 rings (SSSR count). The maximum Gasteiger partial charge on any atom is 0.355 e. The third kappa shape index (κ3) is 3.36. The largest absolute Gasteiger partial charge is 0.457 e. The van der Waals surface area contributed by atoms with Gasteiger partial charge in [0.05, 0.1) is 18.1 Å². The van der Waals surface area contributed by atoms with Crippen molar-refractivity contribution in [1.82, 2.24) is 4.90 Å². The summed E-state index contributed by atoms with van der Waals surface area (Å²) in [5, 5.41) is 11.7. The molecule has 3 atom stereocenters. The molecule has 1 N–H and O–H groups in total. The Morgan fingerprint density at radius 3 is 2.23 bits per heavy atom. The van der Waals surface area contributed by atoms with Gasteiger partial charge in [-0.25, -0.2) is 4.79 Å². The van der Waals surface area contributed by atoms with Crippen molar-refractivity contribution < 1.29 is 24.0 Å². The molecule has 0 unspecified atom stereocenters. The molecule has 2 heterocycles. The van der Waals surface area contributed by atoms with Crippen LogP contribution in [0, 0.1) is 5.92 Å². The van der Waals surface area contributed by atoms with Gasteiger partial charge in [-0.15, -0.1) is 0 Å². The van der Waals surface area contributed by atoms with Gasteiger partial charge in [-0.2, -0.15) is 0 Å². The fraction of sp³-hybridized carbons (Fsp3) is 0.250. The van der Waals surface area contributed by atoms with Crippen LogP contribution in [0.5, 0.6) is 0 Å². The Balaban J connectivity index is 1.93. The summed E-state index contributed by atoms with van der Waals surface area (Å²) in [6, 6.07) is 17.5. The Bertz CT molecular complexity index is 1050. The fourth-order valence-corrected chi connectivity index (χ4v) is 7.50. The van der Waals surface area contributed by atoms with E-state index in [2.05, 4.69) is 6.58 Å². The number of carbonyl (C=O) groups excluding carboxylic acids is 2. The average Bonchev–Trinajstić information content (AvgIpc) is 3.13. The van der Waals surface area contributed by atoms with Crippen LogP contribution in [0.2, 0.25) is 0 Å². The Kier molecular flexibility index (Phi) is 5.69. The molecular formula is C24H24NO5P. The van der Waals surface area contributed by atoms with Crippen molar-refractivity contribution in [3.8, 4) is 0 Å². The first-order valence-corrected chi connectivity index (χ1v) is 11.9. The number of hydrogen-bond donors (Lipinski definition) is 1. The number of β-lactam (4-membered cyclic amide) rings is 1. The van der Waals surface area contributed by atoms with Crippen LogP contribution in [0.1, 0.15) is 13.3 Å². The molecule has 0 bridgehead atoms. The van der Waals surface area contributed by atoms with Crippen LogP contribution >= 0.6 is 7.14 Å². The number of benzene rings is 2. The number of rotatable bonds is 7. The number of aliphatic hydroxyl groups is 1. The summed E-state index contributed by atoms with van der Waals surface area (Å²) in [6.07, 6.45) is 0.807. The molecule has 7 heteroatoms. The Labute approximate surface area is 181 Å². The molecular weight excluding hydrogens is 413 g/mol. The molecule has 160 valence electrons. The van der Waals surface area contributed by atoms with Gasteiger partial charge in [-0.3, -0.25) is 4.79 Å². The predicted molar refractivity (Wildman–Crippen MR) is 118 cm³/mol. The highest BCUT2D eigenvalue weighted by molar-refractivity contribution is 7.82. The molecule has 2 aliphatic heterocycles. The minimum atomic E-state index is -3.45. The van der Waals surface area contributed by atoms with Crippen LogP contribution in [0.3, 0.4) is 0 Å². The van der Waals surface area contributed by atoms with E-state index in [4.69, 9.17) is 4.74 Å². The second-order valence-corrected chi connectivity index (χ2v) is 10.5. The molecule has 2 aromatic carbocycles. The molecule has 1 amide bonds. The number of hydrogen-bond acceptors (Lipinski definition) is 5. The highest BCUT2D eigenvalue weighted by Crippen LogP contribution is 2.60.